The van der Waals surface area contributed by atoms with E-state index < -0.39 is 6.04 Å². The summed E-state index contributed by atoms with van der Waals surface area (Å²) in [4.78, 5) is 10.2. The molecule has 52 valence electrons. The molecule has 3 nitrogen and oxygen atoms in total. The van der Waals surface area contributed by atoms with E-state index in [-0.39, 0.29) is 26.4 Å². The number of carbonyl (C=O) groups excluding carboxylic acids is 1. The van der Waals surface area contributed by atoms with Gasteiger partial charge in [-0.15, -0.1) is 0 Å². The molecule has 0 rings (SSSR count). The van der Waals surface area contributed by atoms with Gasteiger partial charge in [0.25, 0.3) is 0 Å². The zero-order chi connectivity index (χ0) is 5.86. The van der Waals surface area contributed by atoms with E-state index in [0.717, 1.165) is 0 Å². The molecule has 0 saturated heterocycles. The fourth-order valence-corrected chi connectivity index (χ4v) is 0.186. The summed E-state index contributed by atoms with van der Waals surface area (Å²) < 4.78 is 4.25. The van der Waals surface area contributed by atoms with Crippen LogP contribution in [0.5, 0.6) is 0 Å². The van der Waals surface area contributed by atoms with Crippen molar-refractivity contribution >= 4 is 5.97 Å². The van der Waals surface area contributed by atoms with Crippen molar-refractivity contribution in [2.45, 2.75) is 13.0 Å². The summed E-state index contributed by atoms with van der Waals surface area (Å²) in [7, 11) is 1.31. The zero-order valence-electron chi connectivity index (χ0n) is 4.79. The van der Waals surface area contributed by atoms with E-state index in [4.69, 9.17) is 5.73 Å². The van der Waals surface area contributed by atoms with Gasteiger partial charge in [0.05, 0.1) is 7.11 Å². The molecule has 0 unspecified atom stereocenters. The SMILES string of the molecule is COC(=O)[C@H](C)N.[Pd]. The molecule has 1 atom stereocenters. The van der Waals surface area contributed by atoms with Gasteiger partial charge in [-0.05, 0) is 6.92 Å². The van der Waals surface area contributed by atoms with Crippen LogP contribution in [0.25, 0.3) is 0 Å². The van der Waals surface area contributed by atoms with Crippen molar-refractivity contribution in [2.75, 3.05) is 7.11 Å². The molecule has 0 radical (unpaired) electrons. The number of ether oxygens (including phenoxy) is 1. The van der Waals surface area contributed by atoms with E-state index in [9.17, 15) is 4.79 Å². The molecule has 0 fully saturated rings. The Labute approximate surface area is 62.2 Å². The van der Waals surface area contributed by atoms with Crippen molar-refractivity contribution < 1.29 is 30.0 Å². The largest absolute Gasteiger partial charge is 0.468 e. The summed E-state index contributed by atoms with van der Waals surface area (Å²) in [5.41, 5.74) is 5.07. The molecule has 0 aliphatic rings. The molecule has 2 N–H and O–H groups in total. The Balaban J connectivity index is 0. The third-order valence-corrected chi connectivity index (χ3v) is 0.573. The predicted molar refractivity (Wildman–Crippen MR) is 25.7 cm³/mol. The molecule has 0 heterocycles. The van der Waals surface area contributed by atoms with Crippen molar-refractivity contribution in [1.29, 1.82) is 0 Å². The van der Waals surface area contributed by atoms with Crippen LogP contribution in [0.1, 0.15) is 6.92 Å². The summed E-state index contributed by atoms with van der Waals surface area (Å²) in [6, 6.07) is -0.495. The first-order chi connectivity index (χ1) is 3.18. The molecule has 0 amide bonds. The van der Waals surface area contributed by atoms with E-state index in [1.165, 1.54) is 7.11 Å². The van der Waals surface area contributed by atoms with Crippen molar-refractivity contribution in [3.05, 3.63) is 0 Å². The van der Waals surface area contributed by atoms with Gasteiger partial charge in [-0.3, -0.25) is 4.79 Å². The maximum absolute atomic E-state index is 10.2. The van der Waals surface area contributed by atoms with Crippen LogP contribution in [0.3, 0.4) is 0 Å². The molecule has 8 heavy (non-hydrogen) atoms. The van der Waals surface area contributed by atoms with Crippen LogP contribution in [-0.4, -0.2) is 19.1 Å². The average Bonchev–Trinajstić information content (AvgIpc) is 1.65. The second kappa shape index (κ2) is 5.23. The number of methoxy groups -OCH3 is 1. The van der Waals surface area contributed by atoms with Gasteiger partial charge in [-0.25, -0.2) is 0 Å². The molecular formula is C4H9NO2Pd. The van der Waals surface area contributed by atoms with E-state index in [2.05, 4.69) is 4.74 Å². The summed E-state index contributed by atoms with van der Waals surface area (Å²) in [5.74, 6) is -0.375. The minimum Gasteiger partial charge on any atom is -0.468 e. The Morgan fingerprint density at radius 1 is 1.75 bits per heavy atom. The van der Waals surface area contributed by atoms with E-state index >= 15 is 0 Å². The topological polar surface area (TPSA) is 52.3 Å². The van der Waals surface area contributed by atoms with Crippen molar-refractivity contribution in [3.8, 4) is 0 Å². The van der Waals surface area contributed by atoms with Gasteiger partial charge in [0, 0.05) is 20.4 Å². The zero-order valence-corrected chi connectivity index (χ0v) is 6.34. The summed E-state index contributed by atoms with van der Waals surface area (Å²) in [6.07, 6.45) is 0. The first kappa shape index (κ1) is 11.0. The molecule has 0 saturated carbocycles. The number of rotatable bonds is 1. The van der Waals surface area contributed by atoms with Gasteiger partial charge in [-0.1, -0.05) is 0 Å². The third-order valence-electron chi connectivity index (χ3n) is 0.573. The second-order valence-electron chi connectivity index (χ2n) is 1.31. The minimum absolute atomic E-state index is 0. The maximum atomic E-state index is 10.2. The monoisotopic (exact) mass is 209 g/mol. The maximum Gasteiger partial charge on any atom is 0.322 e. The quantitative estimate of drug-likeness (QED) is 0.468. The van der Waals surface area contributed by atoms with Crippen LogP contribution < -0.4 is 5.73 Å². The molecule has 0 aromatic carbocycles. The Kier molecular flexibility index (Phi) is 7.17. The molecule has 0 spiro atoms. The third kappa shape index (κ3) is 4.26. The van der Waals surface area contributed by atoms with Crippen LogP contribution in [0, 0.1) is 0 Å². The summed E-state index contributed by atoms with van der Waals surface area (Å²) in [6.45, 7) is 1.58. The first-order valence-corrected chi connectivity index (χ1v) is 2.02. The molecule has 4 heteroatoms. The van der Waals surface area contributed by atoms with Crippen LogP contribution in [0.15, 0.2) is 0 Å². The Morgan fingerprint density at radius 2 is 2.12 bits per heavy atom. The Bertz CT molecular complexity index is 74.4. The van der Waals surface area contributed by atoms with Crippen molar-refractivity contribution in [1.82, 2.24) is 0 Å². The van der Waals surface area contributed by atoms with E-state index in [0.29, 0.717) is 0 Å². The number of carbonyl (C=O) groups is 1. The smallest absolute Gasteiger partial charge is 0.322 e. The average molecular weight is 210 g/mol. The van der Waals surface area contributed by atoms with Crippen LogP contribution in [0.2, 0.25) is 0 Å². The predicted octanol–water partition coefficient (Wildman–Crippen LogP) is -0.496. The normalized spacial score (nSPS) is 11.4. The van der Waals surface area contributed by atoms with E-state index in [1.54, 1.807) is 6.92 Å². The molecule has 0 aromatic heterocycles. The van der Waals surface area contributed by atoms with Crippen molar-refractivity contribution in [2.24, 2.45) is 5.73 Å². The number of esters is 1. The van der Waals surface area contributed by atoms with Gasteiger partial charge in [0.15, 0.2) is 0 Å². The molecule has 0 aliphatic heterocycles. The molecule has 0 bridgehead atoms. The first-order valence-electron chi connectivity index (χ1n) is 2.02. The minimum atomic E-state index is -0.495. The Morgan fingerprint density at radius 3 is 2.12 bits per heavy atom. The van der Waals surface area contributed by atoms with Gasteiger partial charge >= 0.3 is 5.97 Å². The van der Waals surface area contributed by atoms with Gasteiger partial charge < -0.3 is 10.5 Å². The number of hydrogen-bond donors (Lipinski definition) is 1. The molecular weight excluding hydrogens is 200 g/mol. The summed E-state index contributed by atoms with van der Waals surface area (Å²) in [5, 5.41) is 0. The fraction of sp³-hybridized carbons (Fsp3) is 0.750. The van der Waals surface area contributed by atoms with Gasteiger partial charge in [-0.2, -0.15) is 0 Å². The van der Waals surface area contributed by atoms with Gasteiger partial charge in [0.1, 0.15) is 6.04 Å². The summed E-state index contributed by atoms with van der Waals surface area (Å²) >= 11 is 0. The van der Waals surface area contributed by atoms with E-state index in [1.807, 2.05) is 0 Å². The number of nitrogens with two attached hydrogens (primary N) is 1. The fourth-order valence-electron chi connectivity index (χ4n) is 0.186. The van der Waals surface area contributed by atoms with Crippen molar-refractivity contribution in [3.63, 3.8) is 0 Å². The van der Waals surface area contributed by atoms with Crippen LogP contribution in [-0.2, 0) is 30.0 Å². The second-order valence-corrected chi connectivity index (χ2v) is 1.31. The molecule has 0 aromatic rings. The van der Waals surface area contributed by atoms with Crippen LogP contribution in [0.4, 0.5) is 0 Å². The van der Waals surface area contributed by atoms with Crippen LogP contribution >= 0.6 is 0 Å². The molecule has 0 aliphatic carbocycles. The standard InChI is InChI=1S/C4H9NO2.Pd/c1-3(5)4(6)7-2;/h3H,5H2,1-2H3;/t3-;/m0./s1. The Hall–Kier alpha value is 0.0923. The van der Waals surface area contributed by atoms with Gasteiger partial charge in [0.2, 0.25) is 0 Å². The number of hydrogen-bond acceptors (Lipinski definition) is 3.